The lowest BCUT2D eigenvalue weighted by Gasteiger charge is -2.23. The first kappa shape index (κ1) is 25.1. The van der Waals surface area contributed by atoms with Crippen LogP contribution in [-0.4, -0.2) is 41.1 Å². The Morgan fingerprint density at radius 3 is 1.71 bits per heavy atom. The number of carbonyl (C=O) groups excluding carboxylic acids is 3. The lowest BCUT2D eigenvalue weighted by atomic mass is 10.1. The van der Waals surface area contributed by atoms with Crippen molar-refractivity contribution in [2.75, 3.05) is 5.32 Å². The van der Waals surface area contributed by atoms with Crippen LogP contribution in [0.4, 0.5) is 10.1 Å². The summed E-state index contributed by atoms with van der Waals surface area (Å²) in [5.41, 5.74) is 1.69. The Morgan fingerprint density at radius 2 is 1.26 bits per heavy atom. The number of esters is 2. The zero-order valence-corrected chi connectivity index (χ0v) is 18.9. The van der Waals surface area contributed by atoms with Crippen LogP contribution in [0.5, 0.6) is 0 Å². The van der Waals surface area contributed by atoms with Crippen molar-refractivity contribution in [1.29, 1.82) is 0 Å². The summed E-state index contributed by atoms with van der Waals surface area (Å²) in [4.78, 5) is 50.4. The zero-order chi connectivity index (χ0) is 25.5. The van der Waals surface area contributed by atoms with Gasteiger partial charge in [0.25, 0.3) is 5.91 Å². The molecular weight excluding hydrogens is 457 g/mol. The molecule has 9 heteroatoms. The Morgan fingerprint density at radius 1 is 0.771 bits per heavy atom. The van der Waals surface area contributed by atoms with Crippen LogP contribution in [0, 0.1) is 19.7 Å². The maximum absolute atomic E-state index is 13.2. The second-order valence-corrected chi connectivity index (χ2v) is 7.73. The highest BCUT2D eigenvalue weighted by atomic mass is 19.1. The van der Waals surface area contributed by atoms with E-state index in [2.05, 4.69) is 5.32 Å². The average Bonchev–Trinajstić information content (AvgIpc) is 2.82. The highest BCUT2D eigenvalue weighted by Crippen LogP contribution is 2.17. The maximum atomic E-state index is 13.2. The first-order valence-electron chi connectivity index (χ1n) is 10.5. The highest BCUT2D eigenvalue weighted by Gasteiger charge is 2.41. The minimum Gasteiger partial charge on any atom is -0.478 e. The molecule has 35 heavy (non-hydrogen) atoms. The number of carboxylic acid groups (broad SMARTS) is 1. The van der Waals surface area contributed by atoms with E-state index in [1.807, 2.05) is 0 Å². The van der Waals surface area contributed by atoms with Crippen LogP contribution in [0.15, 0.2) is 72.8 Å². The van der Waals surface area contributed by atoms with Gasteiger partial charge in [0, 0.05) is 5.69 Å². The van der Waals surface area contributed by atoms with E-state index in [4.69, 9.17) is 9.47 Å². The summed E-state index contributed by atoms with van der Waals surface area (Å²) in [5, 5.41) is 12.1. The van der Waals surface area contributed by atoms with Gasteiger partial charge in [0.2, 0.25) is 12.2 Å². The Bertz CT molecular complexity index is 1260. The van der Waals surface area contributed by atoms with Gasteiger partial charge in [-0.15, -0.1) is 0 Å². The van der Waals surface area contributed by atoms with Crippen molar-refractivity contribution in [2.45, 2.75) is 26.1 Å². The van der Waals surface area contributed by atoms with Crippen molar-refractivity contribution in [3.63, 3.8) is 0 Å². The molecule has 0 radical (unpaired) electrons. The fraction of sp³-hybridized carbons (Fsp3) is 0.154. The van der Waals surface area contributed by atoms with Crippen LogP contribution in [-0.2, 0) is 19.1 Å². The number of hydrogen-bond acceptors (Lipinski definition) is 6. The van der Waals surface area contributed by atoms with E-state index in [9.17, 15) is 28.7 Å². The van der Waals surface area contributed by atoms with Crippen molar-refractivity contribution in [3.05, 3.63) is 101 Å². The van der Waals surface area contributed by atoms with Crippen LogP contribution >= 0.6 is 0 Å². The number of aliphatic carboxylic acids is 1. The molecule has 0 spiro atoms. The van der Waals surface area contributed by atoms with E-state index in [0.29, 0.717) is 0 Å². The van der Waals surface area contributed by atoms with E-state index in [1.165, 1.54) is 36.4 Å². The number of carboxylic acids is 1. The summed E-state index contributed by atoms with van der Waals surface area (Å²) < 4.78 is 23.6. The number of anilines is 1. The van der Waals surface area contributed by atoms with E-state index in [0.717, 1.165) is 23.3 Å². The molecule has 0 heterocycles. The highest BCUT2D eigenvalue weighted by molar-refractivity contribution is 6.01. The van der Waals surface area contributed by atoms with Gasteiger partial charge >= 0.3 is 17.9 Å². The maximum Gasteiger partial charge on any atom is 0.349 e. The van der Waals surface area contributed by atoms with Crippen molar-refractivity contribution in [3.8, 4) is 0 Å². The second-order valence-electron chi connectivity index (χ2n) is 7.73. The van der Waals surface area contributed by atoms with Gasteiger partial charge in [-0.05, 0) is 62.4 Å². The molecule has 0 saturated heterocycles. The summed E-state index contributed by atoms with van der Waals surface area (Å²) in [5.74, 6) is -5.36. The molecule has 180 valence electrons. The molecule has 1 amide bonds. The van der Waals surface area contributed by atoms with Gasteiger partial charge < -0.3 is 19.9 Å². The molecular formula is C26H22FNO7. The second kappa shape index (κ2) is 11.1. The van der Waals surface area contributed by atoms with Crippen molar-refractivity contribution < 1.29 is 38.1 Å². The van der Waals surface area contributed by atoms with Crippen molar-refractivity contribution >= 4 is 29.5 Å². The number of benzene rings is 3. The molecule has 0 aliphatic rings. The number of aryl methyl sites for hydroxylation is 2. The molecule has 0 saturated carbocycles. The van der Waals surface area contributed by atoms with Crippen LogP contribution < -0.4 is 5.32 Å². The van der Waals surface area contributed by atoms with E-state index in [-0.39, 0.29) is 16.8 Å². The monoisotopic (exact) mass is 479 g/mol. The number of hydrogen-bond donors (Lipinski definition) is 2. The third-order valence-corrected chi connectivity index (χ3v) is 4.86. The third-order valence-electron chi connectivity index (χ3n) is 4.86. The van der Waals surface area contributed by atoms with Gasteiger partial charge in [0.1, 0.15) is 5.82 Å². The van der Waals surface area contributed by atoms with Gasteiger partial charge in [-0.3, -0.25) is 4.79 Å². The molecule has 0 bridgehead atoms. The fourth-order valence-electron chi connectivity index (χ4n) is 3.15. The summed E-state index contributed by atoms with van der Waals surface area (Å²) in [6, 6.07) is 17.1. The average molecular weight is 479 g/mol. The topological polar surface area (TPSA) is 119 Å². The summed E-state index contributed by atoms with van der Waals surface area (Å²) >= 11 is 0. The molecule has 2 atom stereocenters. The van der Waals surface area contributed by atoms with Gasteiger partial charge in [0.15, 0.2) is 0 Å². The SMILES string of the molecule is Cc1cccc(C(=O)O[C@H](C(=O)Nc2ccc(F)cc2)[C@@H](OC(=O)c2cccc(C)c2)C(=O)O)c1. The Labute approximate surface area is 200 Å². The van der Waals surface area contributed by atoms with Gasteiger partial charge in [-0.2, -0.15) is 0 Å². The quantitative estimate of drug-likeness (QED) is 0.470. The molecule has 3 aromatic rings. The standard InChI is InChI=1S/C26H22FNO7/c1-15-5-3-7-17(13-15)25(32)34-21(23(29)28-20-11-9-19(27)10-12-20)22(24(30)31)35-26(33)18-8-4-6-16(2)14-18/h3-14,21-22H,1-2H3,(H,28,29)(H,30,31)/t21-,22+/m0/s1. The molecule has 8 nitrogen and oxygen atoms in total. The molecule has 0 unspecified atom stereocenters. The Hall–Kier alpha value is -4.53. The largest absolute Gasteiger partial charge is 0.478 e. The van der Waals surface area contributed by atoms with Crippen LogP contribution in [0.25, 0.3) is 0 Å². The molecule has 3 aromatic carbocycles. The number of ether oxygens (including phenoxy) is 2. The molecule has 0 fully saturated rings. The predicted molar refractivity (Wildman–Crippen MR) is 123 cm³/mol. The van der Waals surface area contributed by atoms with Crippen LogP contribution in [0.1, 0.15) is 31.8 Å². The van der Waals surface area contributed by atoms with Crippen LogP contribution in [0.3, 0.4) is 0 Å². The summed E-state index contributed by atoms with van der Waals surface area (Å²) in [7, 11) is 0. The van der Waals surface area contributed by atoms with E-state index < -0.39 is 41.8 Å². The smallest absolute Gasteiger partial charge is 0.349 e. The van der Waals surface area contributed by atoms with Crippen molar-refractivity contribution in [2.24, 2.45) is 0 Å². The van der Waals surface area contributed by atoms with Crippen LogP contribution in [0.2, 0.25) is 0 Å². The van der Waals surface area contributed by atoms with Gasteiger partial charge in [0.05, 0.1) is 11.1 Å². The zero-order valence-electron chi connectivity index (χ0n) is 18.9. The van der Waals surface area contributed by atoms with Crippen molar-refractivity contribution in [1.82, 2.24) is 0 Å². The molecule has 0 aliphatic heterocycles. The van der Waals surface area contributed by atoms with Gasteiger partial charge in [-0.1, -0.05) is 35.4 Å². The predicted octanol–water partition coefficient (Wildman–Crippen LogP) is 3.92. The number of nitrogens with one attached hydrogen (secondary N) is 1. The summed E-state index contributed by atoms with van der Waals surface area (Å²) in [6.07, 6.45) is -4.23. The Balaban J connectivity index is 1.91. The number of rotatable bonds is 8. The molecule has 0 aliphatic carbocycles. The van der Waals surface area contributed by atoms with E-state index >= 15 is 0 Å². The third kappa shape index (κ3) is 6.73. The van der Waals surface area contributed by atoms with Gasteiger partial charge in [-0.25, -0.2) is 18.8 Å². The minimum atomic E-state index is -2.17. The number of amides is 1. The number of carbonyl (C=O) groups is 4. The summed E-state index contributed by atoms with van der Waals surface area (Å²) in [6.45, 7) is 3.47. The number of halogens is 1. The Kier molecular flexibility index (Phi) is 7.93. The minimum absolute atomic E-state index is 0.0546. The molecule has 0 aromatic heterocycles. The molecule has 3 rings (SSSR count). The lowest BCUT2D eigenvalue weighted by Crippen LogP contribution is -2.48. The molecule has 2 N–H and O–H groups in total. The first-order chi connectivity index (χ1) is 16.6. The lowest BCUT2D eigenvalue weighted by molar-refractivity contribution is -0.157. The normalized spacial score (nSPS) is 12.2. The first-order valence-corrected chi connectivity index (χ1v) is 10.5. The van der Waals surface area contributed by atoms with E-state index in [1.54, 1.807) is 38.1 Å². The fourth-order valence-corrected chi connectivity index (χ4v) is 3.15.